The number of piperidine rings is 1. The van der Waals surface area contributed by atoms with E-state index in [4.69, 9.17) is 0 Å². The first-order valence-corrected chi connectivity index (χ1v) is 9.91. The van der Waals surface area contributed by atoms with Crippen LogP contribution >= 0.6 is 11.3 Å². The molecular formula is C19H27N5OS. The first-order chi connectivity index (χ1) is 12.4. The first kappa shape index (κ1) is 18.8. The average molecular weight is 374 g/mol. The predicted octanol–water partition coefficient (Wildman–Crippen LogP) is 3.39. The molecule has 2 heterocycles. The molecule has 0 saturated carbocycles. The molecule has 0 atom stereocenters. The fraction of sp³-hybridized carbons (Fsp3) is 0.526. The number of likely N-dealkylation sites (tertiary alicyclic amines) is 1. The minimum absolute atomic E-state index is 0.0719. The Labute approximate surface area is 159 Å². The largest absolute Gasteiger partial charge is 0.357 e. The molecular weight excluding hydrogens is 346 g/mol. The maximum Gasteiger partial charge on any atom is 0.230 e. The van der Waals surface area contributed by atoms with Crippen molar-refractivity contribution in [1.29, 1.82) is 0 Å². The lowest BCUT2D eigenvalue weighted by Gasteiger charge is -2.40. The van der Waals surface area contributed by atoms with Gasteiger partial charge < -0.3 is 10.6 Å². The summed E-state index contributed by atoms with van der Waals surface area (Å²) < 4.78 is 0. The molecule has 0 unspecified atom stereocenters. The lowest BCUT2D eigenvalue weighted by atomic mass is 9.98. The van der Waals surface area contributed by atoms with Crippen LogP contribution in [0, 0.1) is 0 Å². The van der Waals surface area contributed by atoms with Gasteiger partial charge in [0.15, 0.2) is 0 Å². The molecule has 1 aliphatic heterocycles. The highest BCUT2D eigenvalue weighted by atomic mass is 32.1. The first-order valence-electron chi connectivity index (χ1n) is 9.09. The number of carbonyl (C=O) groups is 1. The van der Waals surface area contributed by atoms with E-state index in [1.54, 1.807) is 0 Å². The van der Waals surface area contributed by atoms with Crippen LogP contribution in [0.3, 0.4) is 0 Å². The van der Waals surface area contributed by atoms with Gasteiger partial charge >= 0.3 is 0 Å². The van der Waals surface area contributed by atoms with Crippen LogP contribution in [0.4, 0.5) is 10.3 Å². The zero-order valence-corrected chi connectivity index (χ0v) is 16.5. The van der Waals surface area contributed by atoms with Crippen LogP contribution in [0.15, 0.2) is 30.3 Å². The molecule has 1 fully saturated rings. The molecule has 1 aliphatic rings. The highest BCUT2D eigenvalue weighted by Crippen LogP contribution is 2.25. The summed E-state index contributed by atoms with van der Waals surface area (Å²) >= 11 is 1.39. The number of benzene rings is 1. The summed E-state index contributed by atoms with van der Waals surface area (Å²) in [6.07, 6.45) is 2.52. The summed E-state index contributed by atoms with van der Waals surface area (Å²) in [5, 5.41) is 15.9. The van der Waals surface area contributed by atoms with E-state index in [2.05, 4.69) is 46.5 Å². The Morgan fingerprint density at radius 2 is 1.81 bits per heavy atom. The van der Waals surface area contributed by atoms with Gasteiger partial charge in [0.25, 0.3) is 0 Å². The molecule has 1 amide bonds. The topological polar surface area (TPSA) is 70.2 Å². The number of carbonyl (C=O) groups excluding carboxylic acids is 1. The van der Waals surface area contributed by atoms with Crippen LogP contribution in [0.1, 0.15) is 39.2 Å². The Kier molecular flexibility index (Phi) is 5.88. The Morgan fingerprint density at radius 1 is 1.15 bits per heavy atom. The number of rotatable bonds is 5. The van der Waals surface area contributed by atoms with Crippen LogP contribution < -0.4 is 10.6 Å². The van der Waals surface area contributed by atoms with Gasteiger partial charge in [-0.25, -0.2) is 0 Å². The Hall–Kier alpha value is -1.99. The maximum absolute atomic E-state index is 12.1. The molecule has 0 radical (unpaired) electrons. The zero-order valence-electron chi connectivity index (χ0n) is 15.7. The average Bonchev–Trinajstić information content (AvgIpc) is 3.02. The van der Waals surface area contributed by atoms with Crippen molar-refractivity contribution >= 4 is 27.5 Å². The summed E-state index contributed by atoms with van der Waals surface area (Å²) in [4.78, 5) is 14.6. The summed E-state index contributed by atoms with van der Waals surface area (Å²) in [7, 11) is 0. The Balaban J connectivity index is 1.47. The van der Waals surface area contributed by atoms with E-state index < -0.39 is 0 Å². The van der Waals surface area contributed by atoms with E-state index in [1.807, 2.05) is 30.3 Å². The van der Waals surface area contributed by atoms with Crippen LogP contribution in [-0.2, 0) is 11.2 Å². The highest BCUT2D eigenvalue weighted by molar-refractivity contribution is 7.19. The number of nitrogens with one attached hydrogen (secondary N) is 2. The number of hydrogen-bond acceptors (Lipinski definition) is 6. The molecule has 140 valence electrons. The van der Waals surface area contributed by atoms with Crippen molar-refractivity contribution in [2.45, 2.75) is 51.6 Å². The van der Waals surface area contributed by atoms with Crippen molar-refractivity contribution in [3.63, 3.8) is 0 Å². The number of amides is 1. The molecule has 0 bridgehead atoms. The van der Waals surface area contributed by atoms with Gasteiger partial charge in [-0.15, -0.1) is 10.2 Å². The standard InChI is InChI=1S/C19H27N5OS/c1-19(2,3)24-11-9-15(10-12-24)20-17-22-23-18(26-17)21-16(25)13-14-7-5-4-6-8-14/h4-8,15H,9-13H2,1-3H3,(H,20,22)(H,21,23,25). The molecule has 1 aromatic heterocycles. The molecule has 1 saturated heterocycles. The highest BCUT2D eigenvalue weighted by Gasteiger charge is 2.27. The van der Waals surface area contributed by atoms with E-state index in [-0.39, 0.29) is 11.4 Å². The van der Waals surface area contributed by atoms with Gasteiger partial charge in [0.1, 0.15) is 0 Å². The molecule has 7 heteroatoms. The lowest BCUT2D eigenvalue weighted by molar-refractivity contribution is -0.115. The van der Waals surface area contributed by atoms with Gasteiger partial charge in [0.05, 0.1) is 6.42 Å². The van der Waals surface area contributed by atoms with E-state index in [0.717, 1.165) is 36.6 Å². The van der Waals surface area contributed by atoms with Gasteiger partial charge in [-0.3, -0.25) is 9.69 Å². The molecule has 2 aromatic rings. The molecule has 2 N–H and O–H groups in total. The van der Waals surface area contributed by atoms with E-state index in [0.29, 0.717) is 17.6 Å². The number of anilines is 2. The monoisotopic (exact) mass is 373 g/mol. The second kappa shape index (κ2) is 8.14. The van der Waals surface area contributed by atoms with Crippen molar-refractivity contribution in [2.75, 3.05) is 23.7 Å². The van der Waals surface area contributed by atoms with Crippen LogP contribution in [0.25, 0.3) is 0 Å². The zero-order chi connectivity index (χ0) is 18.6. The third kappa shape index (κ3) is 5.25. The van der Waals surface area contributed by atoms with Crippen molar-refractivity contribution < 1.29 is 4.79 Å². The normalized spacial score (nSPS) is 16.4. The smallest absolute Gasteiger partial charge is 0.230 e. The molecule has 26 heavy (non-hydrogen) atoms. The van der Waals surface area contributed by atoms with Crippen LogP contribution in [0.2, 0.25) is 0 Å². The third-order valence-corrected chi connectivity index (χ3v) is 5.42. The second-order valence-electron chi connectivity index (χ2n) is 7.70. The number of hydrogen-bond donors (Lipinski definition) is 2. The lowest BCUT2D eigenvalue weighted by Crippen LogP contribution is -2.48. The van der Waals surface area contributed by atoms with Crippen molar-refractivity contribution in [3.8, 4) is 0 Å². The van der Waals surface area contributed by atoms with Crippen LogP contribution in [0.5, 0.6) is 0 Å². The summed E-state index contributed by atoms with van der Waals surface area (Å²) in [6, 6.07) is 10.1. The van der Waals surface area contributed by atoms with Gasteiger partial charge in [-0.1, -0.05) is 41.7 Å². The van der Waals surface area contributed by atoms with E-state index >= 15 is 0 Å². The predicted molar refractivity (Wildman–Crippen MR) is 107 cm³/mol. The van der Waals surface area contributed by atoms with Crippen molar-refractivity contribution in [3.05, 3.63) is 35.9 Å². The molecule has 6 nitrogen and oxygen atoms in total. The molecule has 3 rings (SSSR count). The van der Waals surface area contributed by atoms with Gasteiger partial charge in [0, 0.05) is 24.7 Å². The quantitative estimate of drug-likeness (QED) is 0.841. The Bertz CT molecular complexity index is 717. The SMILES string of the molecule is CC(C)(C)N1CCC(Nc2nnc(NC(=O)Cc3ccccc3)s2)CC1. The number of aromatic nitrogens is 2. The van der Waals surface area contributed by atoms with Crippen LogP contribution in [-0.4, -0.2) is 45.7 Å². The second-order valence-corrected chi connectivity index (χ2v) is 8.68. The summed E-state index contributed by atoms with van der Waals surface area (Å²) in [6.45, 7) is 8.95. The van der Waals surface area contributed by atoms with Crippen molar-refractivity contribution in [1.82, 2.24) is 15.1 Å². The summed E-state index contributed by atoms with van der Waals surface area (Å²) in [5.41, 5.74) is 1.21. The number of nitrogens with zero attached hydrogens (tertiary/aromatic N) is 3. The molecule has 1 aromatic carbocycles. The van der Waals surface area contributed by atoms with Crippen molar-refractivity contribution in [2.24, 2.45) is 0 Å². The van der Waals surface area contributed by atoms with Gasteiger partial charge in [-0.05, 0) is 39.2 Å². The van der Waals surface area contributed by atoms with Gasteiger partial charge in [-0.2, -0.15) is 0 Å². The Morgan fingerprint density at radius 3 is 2.46 bits per heavy atom. The fourth-order valence-corrected chi connectivity index (χ4v) is 3.88. The van der Waals surface area contributed by atoms with E-state index in [9.17, 15) is 4.79 Å². The summed E-state index contributed by atoms with van der Waals surface area (Å²) in [5.74, 6) is -0.0719. The molecule has 0 spiro atoms. The minimum atomic E-state index is -0.0719. The fourth-order valence-electron chi connectivity index (χ4n) is 3.15. The maximum atomic E-state index is 12.1. The third-order valence-electron chi connectivity index (χ3n) is 4.65. The minimum Gasteiger partial charge on any atom is -0.357 e. The molecule has 0 aliphatic carbocycles. The van der Waals surface area contributed by atoms with E-state index in [1.165, 1.54) is 11.3 Å². The van der Waals surface area contributed by atoms with Gasteiger partial charge in [0.2, 0.25) is 16.2 Å².